The molecule has 1 amide bonds. The summed E-state index contributed by atoms with van der Waals surface area (Å²) in [5.74, 6) is 0.628. The van der Waals surface area contributed by atoms with Gasteiger partial charge in [0.25, 0.3) is 10.0 Å². The molecule has 0 aromatic carbocycles. The smallest absolute Gasteiger partial charge is 0.252 e. The molecule has 0 bridgehead atoms. The number of carbonyl (C=O) groups is 1. The van der Waals surface area contributed by atoms with Gasteiger partial charge in [-0.2, -0.15) is 4.31 Å². The van der Waals surface area contributed by atoms with Gasteiger partial charge in [-0.1, -0.05) is 11.6 Å². The average molecular weight is 469 g/mol. The predicted octanol–water partition coefficient (Wildman–Crippen LogP) is 2.85. The summed E-state index contributed by atoms with van der Waals surface area (Å²) in [4.78, 5) is 22.4. The van der Waals surface area contributed by atoms with Gasteiger partial charge in [0.1, 0.15) is 10.0 Å². The molecule has 0 spiro atoms. The summed E-state index contributed by atoms with van der Waals surface area (Å²) < 4.78 is 27.8. The van der Waals surface area contributed by atoms with Gasteiger partial charge in [-0.05, 0) is 44.0 Å². The molecule has 2 aromatic rings. The van der Waals surface area contributed by atoms with Crippen molar-refractivity contribution in [2.75, 3.05) is 44.2 Å². The van der Waals surface area contributed by atoms with Crippen LogP contribution in [0.5, 0.6) is 0 Å². The lowest BCUT2D eigenvalue weighted by molar-refractivity contribution is -0.137. The molecule has 2 saturated heterocycles. The number of carbonyl (C=O) groups excluding carboxylic acids is 1. The summed E-state index contributed by atoms with van der Waals surface area (Å²) >= 11 is 7.19. The number of aromatic nitrogens is 1. The van der Waals surface area contributed by atoms with E-state index in [1.165, 1.54) is 15.6 Å². The fourth-order valence-electron chi connectivity index (χ4n) is 4.01. The highest BCUT2D eigenvalue weighted by Gasteiger charge is 2.36. The second-order valence-electron chi connectivity index (χ2n) is 7.71. The first-order valence-corrected chi connectivity index (χ1v) is 12.7. The minimum atomic E-state index is -3.53. The van der Waals surface area contributed by atoms with E-state index in [2.05, 4.69) is 9.88 Å². The van der Waals surface area contributed by atoms with Crippen LogP contribution in [0.2, 0.25) is 5.02 Å². The first-order chi connectivity index (χ1) is 14.3. The van der Waals surface area contributed by atoms with Gasteiger partial charge in [0.15, 0.2) is 0 Å². The van der Waals surface area contributed by atoms with Gasteiger partial charge in [-0.25, -0.2) is 13.4 Å². The van der Waals surface area contributed by atoms with Crippen molar-refractivity contribution in [3.8, 4) is 0 Å². The lowest BCUT2D eigenvalue weighted by atomic mass is 9.98. The Balaban J connectivity index is 1.37. The van der Waals surface area contributed by atoms with E-state index in [9.17, 15) is 13.2 Å². The second kappa shape index (κ2) is 8.82. The van der Waals surface area contributed by atoms with E-state index in [4.69, 9.17) is 11.6 Å². The molecule has 2 aliphatic heterocycles. The molecule has 162 valence electrons. The topological polar surface area (TPSA) is 73.8 Å². The molecule has 0 N–H and O–H groups in total. The number of hydrogen-bond acceptors (Lipinski definition) is 6. The van der Waals surface area contributed by atoms with Crippen molar-refractivity contribution in [3.63, 3.8) is 0 Å². The molecular formula is C20H25ClN4O3S2. The molecular weight excluding hydrogens is 444 g/mol. The number of aryl methyl sites for hydroxylation is 1. The van der Waals surface area contributed by atoms with Gasteiger partial charge >= 0.3 is 0 Å². The zero-order chi connectivity index (χ0) is 21.3. The molecule has 1 atom stereocenters. The van der Waals surface area contributed by atoms with E-state index in [1.54, 1.807) is 12.3 Å². The molecule has 0 saturated carbocycles. The van der Waals surface area contributed by atoms with Gasteiger partial charge in [-0.15, -0.1) is 11.3 Å². The molecule has 10 heteroatoms. The molecule has 30 heavy (non-hydrogen) atoms. The van der Waals surface area contributed by atoms with Crippen LogP contribution in [0.1, 0.15) is 17.7 Å². The van der Waals surface area contributed by atoms with Crippen LogP contribution in [0.15, 0.2) is 34.7 Å². The maximum atomic E-state index is 13.1. The van der Waals surface area contributed by atoms with Crippen molar-refractivity contribution < 1.29 is 13.2 Å². The minimum absolute atomic E-state index is 0.0565. The van der Waals surface area contributed by atoms with Gasteiger partial charge < -0.3 is 9.80 Å². The first-order valence-electron chi connectivity index (χ1n) is 10.1. The number of pyridine rings is 1. The Morgan fingerprint density at radius 2 is 1.90 bits per heavy atom. The number of halogens is 1. The summed E-state index contributed by atoms with van der Waals surface area (Å²) in [7, 11) is -3.53. The third-order valence-electron chi connectivity index (χ3n) is 5.67. The predicted molar refractivity (Wildman–Crippen MR) is 119 cm³/mol. The number of piperazine rings is 1. The maximum Gasteiger partial charge on any atom is 0.252 e. The first kappa shape index (κ1) is 21.5. The molecule has 2 aromatic heterocycles. The van der Waals surface area contributed by atoms with E-state index in [1.807, 2.05) is 30.0 Å². The van der Waals surface area contributed by atoms with E-state index in [-0.39, 0.29) is 18.4 Å². The van der Waals surface area contributed by atoms with Crippen LogP contribution in [0.3, 0.4) is 0 Å². The van der Waals surface area contributed by atoms with E-state index in [0.717, 1.165) is 17.1 Å². The van der Waals surface area contributed by atoms with Crippen LogP contribution in [0, 0.1) is 12.8 Å². The molecule has 0 radical (unpaired) electrons. The van der Waals surface area contributed by atoms with Gasteiger partial charge in [-0.3, -0.25) is 4.79 Å². The molecule has 2 aliphatic rings. The number of thiophene rings is 1. The molecule has 0 aliphatic carbocycles. The lowest BCUT2D eigenvalue weighted by Gasteiger charge is -2.39. The third-order valence-corrected chi connectivity index (χ3v) is 9.23. The molecule has 4 heterocycles. The fraction of sp³-hybridized carbons (Fsp3) is 0.500. The third kappa shape index (κ3) is 4.49. The molecule has 1 unspecified atom stereocenters. The summed E-state index contributed by atoms with van der Waals surface area (Å²) in [5.41, 5.74) is 0. The van der Waals surface area contributed by atoms with Crippen molar-refractivity contribution >= 4 is 44.7 Å². The van der Waals surface area contributed by atoms with Crippen molar-refractivity contribution in [2.45, 2.75) is 24.0 Å². The fourth-order valence-corrected chi connectivity index (χ4v) is 7.08. The Kier molecular flexibility index (Phi) is 6.34. The standard InChI is InChI=1S/C20H25ClN4O3S2/c1-15-4-7-19(29-15)30(27,28)25-8-2-3-16(14-25)20(26)24-11-9-23(10-12-24)18-6-5-17(21)13-22-18/h4-7,13,16H,2-3,8-12,14H2,1H3. The molecule has 7 nitrogen and oxygen atoms in total. The monoisotopic (exact) mass is 468 g/mol. The summed E-state index contributed by atoms with van der Waals surface area (Å²) in [6.07, 6.45) is 3.06. The van der Waals surface area contributed by atoms with Crippen molar-refractivity contribution in [1.29, 1.82) is 0 Å². The number of nitrogens with zero attached hydrogens (tertiary/aromatic N) is 4. The van der Waals surface area contributed by atoms with Crippen LogP contribution in [-0.4, -0.2) is 67.8 Å². The van der Waals surface area contributed by atoms with Crippen LogP contribution in [-0.2, 0) is 14.8 Å². The maximum absolute atomic E-state index is 13.1. The van der Waals surface area contributed by atoms with E-state index in [0.29, 0.717) is 48.4 Å². The average Bonchev–Trinajstić information content (AvgIpc) is 3.21. The Hall–Kier alpha value is -1.68. The van der Waals surface area contributed by atoms with Crippen LogP contribution in [0.25, 0.3) is 0 Å². The Morgan fingerprint density at radius 3 is 2.53 bits per heavy atom. The highest BCUT2D eigenvalue weighted by molar-refractivity contribution is 7.91. The minimum Gasteiger partial charge on any atom is -0.353 e. The van der Waals surface area contributed by atoms with Crippen molar-refractivity contribution in [1.82, 2.24) is 14.2 Å². The summed E-state index contributed by atoms with van der Waals surface area (Å²) in [6.45, 7) is 5.24. The number of piperidine rings is 1. The molecule has 2 fully saturated rings. The number of anilines is 1. The number of hydrogen-bond donors (Lipinski definition) is 0. The molecule has 4 rings (SSSR count). The van der Waals surface area contributed by atoms with Gasteiger partial charge in [0.05, 0.1) is 10.9 Å². The Bertz CT molecular complexity index is 1000. The van der Waals surface area contributed by atoms with Crippen LogP contribution in [0.4, 0.5) is 5.82 Å². The highest BCUT2D eigenvalue weighted by Crippen LogP contribution is 2.29. The zero-order valence-electron chi connectivity index (χ0n) is 16.8. The number of amides is 1. The Morgan fingerprint density at radius 1 is 1.13 bits per heavy atom. The van der Waals surface area contributed by atoms with Crippen molar-refractivity contribution in [3.05, 3.63) is 40.4 Å². The summed E-state index contributed by atoms with van der Waals surface area (Å²) in [6, 6.07) is 7.17. The van der Waals surface area contributed by atoms with Crippen LogP contribution >= 0.6 is 22.9 Å². The van der Waals surface area contributed by atoms with Gasteiger partial charge in [0.2, 0.25) is 5.91 Å². The second-order valence-corrected chi connectivity index (χ2v) is 11.6. The van der Waals surface area contributed by atoms with Crippen molar-refractivity contribution in [2.24, 2.45) is 5.92 Å². The van der Waals surface area contributed by atoms with Crippen LogP contribution < -0.4 is 4.90 Å². The zero-order valence-corrected chi connectivity index (χ0v) is 19.2. The van der Waals surface area contributed by atoms with E-state index < -0.39 is 10.0 Å². The van der Waals surface area contributed by atoms with Gasteiger partial charge in [0, 0.05) is 50.3 Å². The normalized spacial score (nSPS) is 21.1. The van der Waals surface area contributed by atoms with E-state index >= 15 is 0 Å². The SMILES string of the molecule is Cc1ccc(S(=O)(=O)N2CCCC(C(=O)N3CCN(c4ccc(Cl)cn4)CC3)C2)s1. The largest absolute Gasteiger partial charge is 0.353 e. The Labute approximate surface area is 186 Å². The summed E-state index contributed by atoms with van der Waals surface area (Å²) in [5, 5.41) is 0.599. The highest BCUT2D eigenvalue weighted by atomic mass is 35.5. The number of rotatable bonds is 4. The quantitative estimate of drug-likeness (QED) is 0.689. The lowest BCUT2D eigenvalue weighted by Crippen LogP contribution is -2.53. The number of sulfonamides is 1.